The highest BCUT2D eigenvalue weighted by molar-refractivity contribution is 7.92. The smallest absolute Gasteiger partial charge is 0.230 e. The highest BCUT2D eigenvalue weighted by atomic mass is 35.5. The molecule has 3 aromatic rings. The number of aromatic nitrogens is 2. The van der Waals surface area contributed by atoms with Gasteiger partial charge in [-0.2, -0.15) is 4.98 Å². The van der Waals surface area contributed by atoms with Gasteiger partial charge in [-0.15, -0.1) is 0 Å². The molecule has 12 nitrogen and oxygen atoms in total. The van der Waals surface area contributed by atoms with Crippen LogP contribution in [0.25, 0.3) is 0 Å². The van der Waals surface area contributed by atoms with Gasteiger partial charge >= 0.3 is 0 Å². The Bertz CT molecular complexity index is 1560. The summed E-state index contributed by atoms with van der Waals surface area (Å²) in [4.78, 5) is 14.0. The number of rotatable bonds is 11. The number of nitrogens with one attached hydrogen (secondary N) is 3. The van der Waals surface area contributed by atoms with Crippen molar-refractivity contribution >= 4 is 56.1 Å². The molecule has 1 aromatic heterocycles. The van der Waals surface area contributed by atoms with E-state index in [9.17, 15) is 8.42 Å². The third-order valence-corrected chi connectivity index (χ3v) is 8.78. The van der Waals surface area contributed by atoms with Gasteiger partial charge in [-0.3, -0.25) is 9.62 Å². The molecule has 0 unspecified atom stereocenters. The lowest BCUT2D eigenvalue weighted by Gasteiger charge is -2.41. The molecule has 238 valence electrons. The zero-order valence-electron chi connectivity index (χ0n) is 25.5. The van der Waals surface area contributed by atoms with Crippen LogP contribution in [0.3, 0.4) is 0 Å². The Hall–Kier alpha value is -3.52. The number of methoxy groups -OCH3 is 2. The van der Waals surface area contributed by atoms with Crippen molar-refractivity contribution in [1.82, 2.24) is 14.9 Å². The number of sulfonamides is 1. The molecule has 44 heavy (non-hydrogen) atoms. The maximum atomic E-state index is 12.0. The normalized spacial score (nSPS) is 16.4. The Morgan fingerprint density at radius 1 is 1.02 bits per heavy atom. The number of anilines is 6. The number of morpholine rings is 1. The molecule has 2 saturated heterocycles. The summed E-state index contributed by atoms with van der Waals surface area (Å²) in [6.07, 6.45) is 5.63. The van der Waals surface area contributed by atoms with Gasteiger partial charge in [-0.25, -0.2) is 13.4 Å². The number of ether oxygens (including phenoxy) is 3. The van der Waals surface area contributed by atoms with Crippen LogP contribution in [-0.4, -0.2) is 89.2 Å². The SMILES string of the molecule is CCc1cc(Nc2ncc(Cl)c(Nc3cccc(OC)c3NS(C)(=O)=O)n2)c(OC)cc1N1CCC(N2CCOCC2)CC1. The number of para-hydroxylation sites is 1. The van der Waals surface area contributed by atoms with Gasteiger partial charge < -0.3 is 29.7 Å². The van der Waals surface area contributed by atoms with Gasteiger partial charge in [-0.1, -0.05) is 24.6 Å². The molecule has 0 radical (unpaired) electrons. The number of halogens is 1. The fourth-order valence-corrected chi connectivity index (χ4v) is 6.45. The summed E-state index contributed by atoms with van der Waals surface area (Å²) in [5.74, 6) is 1.58. The summed E-state index contributed by atoms with van der Waals surface area (Å²) in [5.41, 5.74) is 3.75. The minimum Gasteiger partial charge on any atom is -0.494 e. The van der Waals surface area contributed by atoms with Crippen molar-refractivity contribution in [1.29, 1.82) is 0 Å². The first kappa shape index (κ1) is 31.9. The summed E-state index contributed by atoms with van der Waals surface area (Å²) in [5, 5.41) is 6.66. The quantitative estimate of drug-likeness (QED) is 0.264. The Morgan fingerprint density at radius 2 is 1.75 bits per heavy atom. The largest absolute Gasteiger partial charge is 0.494 e. The van der Waals surface area contributed by atoms with E-state index in [1.807, 2.05) is 0 Å². The molecule has 2 aliphatic rings. The summed E-state index contributed by atoms with van der Waals surface area (Å²) in [6, 6.07) is 9.85. The van der Waals surface area contributed by atoms with Gasteiger partial charge in [0.25, 0.3) is 0 Å². The molecule has 14 heteroatoms. The average Bonchev–Trinajstić information content (AvgIpc) is 3.03. The van der Waals surface area contributed by atoms with E-state index in [1.54, 1.807) is 25.3 Å². The predicted molar refractivity (Wildman–Crippen MR) is 175 cm³/mol. The van der Waals surface area contributed by atoms with Crippen LogP contribution in [0, 0.1) is 0 Å². The lowest BCUT2D eigenvalue weighted by atomic mass is 10.00. The molecule has 0 aliphatic carbocycles. The van der Waals surface area contributed by atoms with Gasteiger partial charge in [0.15, 0.2) is 5.82 Å². The van der Waals surface area contributed by atoms with Crippen molar-refractivity contribution in [3.05, 3.63) is 47.1 Å². The lowest BCUT2D eigenvalue weighted by molar-refractivity contribution is 0.0115. The number of nitrogens with zero attached hydrogens (tertiary/aromatic N) is 4. The number of hydrogen-bond acceptors (Lipinski definition) is 11. The van der Waals surface area contributed by atoms with E-state index < -0.39 is 10.0 Å². The Kier molecular flexibility index (Phi) is 10.2. The topological polar surface area (TPSA) is 130 Å². The molecule has 0 amide bonds. The zero-order valence-corrected chi connectivity index (χ0v) is 27.1. The summed E-state index contributed by atoms with van der Waals surface area (Å²) >= 11 is 6.46. The van der Waals surface area contributed by atoms with Gasteiger partial charge in [0.1, 0.15) is 22.2 Å². The maximum Gasteiger partial charge on any atom is 0.230 e. The van der Waals surface area contributed by atoms with Gasteiger partial charge in [0.05, 0.1) is 51.3 Å². The fraction of sp³-hybridized carbons (Fsp3) is 0.467. The van der Waals surface area contributed by atoms with Crippen molar-refractivity contribution < 1.29 is 22.6 Å². The second-order valence-corrected chi connectivity index (χ2v) is 13.0. The maximum absolute atomic E-state index is 12.0. The first-order valence-corrected chi connectivity index (χ1v) is 16.9. The van der Waals surface area contributed by atoms with Crippen molar-refractivity contribution in [2.75, 3.05) is 80.1 Å². The van der Waals surface area contributed by atoms with E-state index in [1.165, 1.54) is 24.6 Å². The van der Waals surface area contributed by atoms with Crippen LogP contribution in [0.1, 0.15) is 25.3 Å². The molecular weight excluding hydrogens is 606 g/mol. The number of piperidine rings is 1. The minimum atomic E-state index is -3.59. The first-order chi connectivity index (χ1) is 21.2. The lowest BCUT2D eigenvalue weighted by Crippen LogP contribution is -2.49. The van der Waals surface area contributed by atoms with Crippen LogP contribution in [-0.2, 0) is 21.2 Å². The molecule has 3 heterocycles. The van der Waals surface area contributed by atoms with E-state index >= 15 is 0 Å². The van der Waals surface area contributed by atoms with Crippen LogP contribution in [0.2, 0.25) is 5.02 Å². The van der Waals surface area contributed by atoms with Gasteiger partial charge in [0, 0.05) is 44.0 Å². The highest BCUT2D eigenvalue weighted by Gasteiger charge is 2.27. The number of aryl methyl sites for hydroxylation is 1. The molecule has 5 rings (SSSR count). The van der Waals surface area contributed by atoms with E-state index in [0.29, 0.717) is 23.2 Å². The van der Waals surface area contributed by atoms with Crippen molar-refractivity contribution in [3.8, 4) is 11.5 Å². The fourth-order valence-electron chi connectivity index (χ4n) is 5.73. The third-order valence-electron chi connectivity index (χ3n) is 7.93. The molecule has 0 spiro atoms. The minimum absolute atomic E-state index is 0.237. The van der Waals surface area contributed by atoms with Crippen LogP contribution < -0.4 is 29.7 Å². The Morgan fingerprint density at radius 3 is 2.41 bits per heavy atom. The molecule has 0 saturated carbocycles. The van der Waals surface area contributed by atoms with Gasteiger partial charge in [-0.05, 0) is 43.0 Å². The Labute approximate surface area is 264 Å². The van der Waals surface area contributed by atoms with E-state index in [4.69, 9.17) is 25.8 Å². The molecule has 2 aromatic carbocycles. The predicted octanol–water partition coefficient (Wildman–Crippen LogP) is 4.87. The van der Waals surface area contributed by atoms with E-state index in [0.717, 1.165) is 70.6 Å². The summed E-state index contributed by atoms with van der Waals surface area (Å²) in [7, 11) is -0.480. The van der Waals surface area contributed by atoms with Crippen molar-refractivity contribution in [3.63, 3.8) is 0 Å². The number of benzene rings is 2. The number of hydrogen-bond donors (Lipinski definition) is 3. The van der Waals surface area contributed by atoms with Crippen LogP contribution in [0.15, 0.2) is 36.5 Å². The molecule has 2 aliphatic heterocycles. The van der Waals surface area contributed by atoms with E-state index in [-0.39, 0.29) is 22.5 Å². The van der Waals surface area contributed by atoms with Crippen LogP contribution in [0.5, 0.6) is 11.5 Å². The van der Waals surface area contributed by atoms with Crippen molar-refractivity contribution in [2.45, 2.75) is 32.2 Å². The molecule has 0 bridgehead atoms. The third kappa shape index (κ3) is 7.57. The van der Waals surface area contributed by atoms with Gasteiger partial charge in [0.2, 0.25) is 16.0 Å². The second-order valence-electron chi connectivity index (χ2n) is 10.8. The molecule has 0 atom stereocenters. The standard InChI is InChI=1S/C30H40ClN7O5S/c1-5-20-17-24(27(42-3)18-25(20)38-11-9-21(10-12-38)37-13-15-43-16-14-37)34-30-32-19-22(31)29(35-30)33-23-7-6-8-26(41-2)28(23)36-44(4,39)40/h6-8,17-19,21,36H,5,9-16H2,1-4H3,(H2,32,33,34,35). The molecule has 2 fully saturated rings. The summed E-state index contributed by atoms with van der Waals surface area (Å²) in [6.45, 7) is 7.79. The monoisotopic (exact) mass is 645 g/mol. The van der Waals surface area contributed by atoms with E-state index in [2.05, 4.69) is 54.2 Å². The zero-order chi connectivity index (χ0) is 31.3. The Balaban J connectivity index is 1.36. The summed E-state index contributed by atoms with van der Waals surface area (Å²) < 4.78 is 43.3. The second kappa shape index (κ2) is 14.1. The highest BCUT2D eigenvalue weighted by Crippen LogP contribution is 2.39. The van der Waals surface area contributed by atoms with Crippen LogP contribution >= 0.6 is 11.6 Å². The molecular formula is C30H40ClN7O5S. The first-order valence-electron chi connectivity index (χ1n) is 14.7. The van der Waals surface area contributed by atoms with Crippen LogP contribution in [0.4, 0.5) is 34.5 Å². The molecule has 3 N–H and O–H groups in total. The average molecular weight is 646 g/mol. The van der Waals surface area contributed by atoms with Crippen molar-refractivity contribution in [2.24, 2.45) is 0 Å².